The molecule has 26 heavy (non-hydrogen) atoms. The Morgan fingerprint density at radius 3 is 2.69 bits per heavy atom. The van der Waals surface area contributed by atoms with Crippen LogP contribution in [-0.4, -0.2) is 47.6 Å². The molecule has 0 spiro atoms. The van der Waals surface area contributed by atoms with Crippen molar-refractivity contribution in [2.45, 2.75) is 12.5 Å². The number of nitrogens with zero attached hydrogens (tertiary/aromatic N) is 1. The van der Waals surface area contributed by atoms with Crippen molar-refractivity contribution in [1.29, 1.82) is 0 Å². The van der Waals surface area contributed by atoms with Gasteiger partial charge in [0.15, 0.2) is 0 Å². The average molecular weight is 357 g/mol. The van der Waals surface area contributed by atoms with Gasteiger partial charge in [0.25, 0.3) is 11.8 Å². The lowest BCUT2D eigenvalue weighted by atomic mass is 9.90. The second kappa shape index (κ2) is 7.11. The first kappa shape index (κ1) is 17.8. The van der Waals surface area contributed by atoms with Crippen molar-refractivity contribution < 1.29 is 24.3 Å². The van der Waals surface area contributed by atoms with Crippen LogP contribution in [0.15, 0.2) is 42.5 Å². The molecule has 136 valence electrons. The van der Waals surface area contributed by atoms with Gasteiger partial charge in [0.2, 0.25) is 0 Å². The molecule has 0 aromatic heterocycles. The Morgan fingerprint density at radius 2 is 1.96 bits per heavy atom. The molecule has 2 aromatic rings. The number of imide groups is 1. The molecule has 0 saturated carbocycles. The standard InChI is InChI=1S/C18H19N3O5/c1-18(14-7-6-12-4-2-3-5-13(12)10-14)16(24)21(17(25)19-18)11-15(23)20-26-9-8-22/h2-7,10,22H,8-9,11H2,1H3,(H,19,25)(H,20,23). The Morgan fingerprint density at radius 1 is 1.23 bits per heavy atom. The van der Waals surface area contributed by atoms with Crippen molar-refractivity contribution in [3.05, 3.63) is 48.0 Å². The molecule has 1 aliphatic rings. The molecule has 1 atom stereocenters. The lowest BCUT2D eigenvalue weighted by Crippen LogP contribution is -2.43. The zero-order valence-electron chi connectivity index (χ0n) is 14.2. The van der Waals surface area contributed by atoms with E-state index in [-0.39, 0.29) is 13.2 Å². The molecule has 8 heteroatoms. The minimum atomic E-state index is -1.26. The van der Waals surface area contributed by atoms with Crippen molar-refractivity contribution in [1.82, 2.24) is 15.7 Å². The fourth-order valence-corrected chi connectivity index (χ4v) is 2.89. The quantitative estimate of drug-likeness (QED) is 0.400. The van der Waals surface area contributed by atoms with Crippen LogP contribution in [-0.2, 0) is 20.0 Å². The number of fused-ring (bicyclic) bond motifs is 1. The number of hydroxylamine groups is 1. The third kappa shape index (κ3) is 3.24. The highest BCUT2D eigenvalue weighted by Gasteiger charge is 2.49. The molecule has 1 fully saturated rings. The topological polar surface area (TPSA) is 108 Å². The number of urea groups is 1. The normalized spacial score (nSPS) is 19.7. The van der Waals surface area contributed by atoms with Crippen molar-refractivity contribution in [2.75, 3.05) is 19.8 Å². The number of carbonyl (C=O) groups excluding carboxylic acids is 3. The SMILES string of the molecule is CC1(c2ccc3ccccc3c2)NC(=O)N(CC(=O)NOCCO)C1=O. The van der Waals surface area contributed by atoms with Crippen molar-refractivity contribution in [3.8, 4) is 0 Å². The van der Waals surface area contributed by atoms with E-state index >= 15 is 0 Å². The van der Waals surface area contributed by atoms with Crippen LogP contribution in [0.2, 0.25) is 0 Å². The van der Waals surface area contributed by atoms with Gasteiger partial charge in [-0.2, -0.15) is 0 Å². The van der Waals surface area contributed by atoms with Crippen LogP contribution in [0.5, 0.6) is 0 Å². The number of carbonyl (C=O) groups is 3. The molecule has 3 N–H and O–H groups in total. The summed E-state index contributed by atoms with van der Waals surface area (Å²) in [6, 6.07) is 12.6. The summed E-state index contributed by atoms with van der Waals surface area (Å²) < 4.78 is 0. The van der Waals surface area contributed by atoms with E-state index in [0.717, 1.165) is 15.7 Å². The first-order valence-corrected chi connectivity index (χ1v) is 8.10. The number of amides is 4. The Labute approximate surface area is 149 Å². The lowest BCUT2D eigenvalue weighted by Gasteiger charge is -2.22. The van der Waals surface area contributed by atoms with Gasteiger partial charge in [-0.05, 0) is 29.3 Å². The molecule has 0 bridgehead atoms. The number of hydrogen-bond donors (Lipinski definition) is 3. The van der Waals surface area contributed by atoms with E-state index in [2.05, 4.69) is 10.8 Å². The molecule has 1 aliphatic heterocycles. The number of aliphatic hydroxyl groups excluding tert-OH is 1. The van der Waals surface area contributed by atoms with E-state index in [0.29, 0.717) is 5.56 Å². The summed E-state index contributed by atoms with van der Waals surface area (Å²) in [7, 11) is 0. The molecule has 0 radical (unpaired) electrons. The average Bonchev–Trinajstić information content (AvgIpc) is 2.85. The molecule has 1 heterocycles. The molecule has 1 unspecified atom stereocenters. The van der Waals surface area contributed by atoms with Crippen LogP contribution in [0.4, 0.5) is 4.79 Å². The van der Waals surface area contributed by atoms with Crippen LogP contribution in [0, 0.1) is 0 Å². The van der Waals surface area contributed by atoms with Gasteiger partial charge < -0.3 is 10.4 Å². The third-order valence-electron chi connectivity index (χ3n) is 4.28. The highest BCUT2D eigenvalue weighted by Crippen LogP contribution is 2.30. The van der Waals surface area contributed by atoms with Gasteiger partial charge in [0, 0.05) is 0 Å². The Hall–Kier alpha value is -2.97. The van der Waals surface area contributed by atoms with Gasteiger partial charge in [0.05, 0.1) is 13.2 Å². The van der Waals surface area contributed by atoms with E-state index in [9.17, 15) is 14.4 Å². The number of hydrogen-bond acceptors (Lipinski definition) is 5. The van der Waals surface area contributed by atoms with E-state index in [1.165, 1.54) is 0 Å². The maximum absolute atomic E-state index is 12.8. The first-order valence-electron chi connectivity index (χ1n) is 8.10. The van der Waals surface area contributed by atoms with Gasteiger partial charge in [-0.25, -0.2) is 10.3 Å². The van der Waals surface area contributed by atoms with Crippen molar-refractivity contribution in [3.63, 3.8) is 0 Å². The van der Waals surface area contributed by atoms with Gasteiger partial charge in [-0.15, -0.1) is 0 Å². The minimum Gasteiger partial charge on any atom is -0.394 e. The smallest absolute Gasteiger partial charge is 0.325 e. The molecule has 1 saturated heterocycles. The van der Waals surface area contributed by atoms with Gasteiger partial charge >= 0.3 is 6.03 Å². The number of rotatable bonds is 6. The largest absolute Gasteiger partial charge is 0.394 e. The molecule has 0 aliphatic carbocycles. The lowest BCUT2D eigenvalue weighted by molar-refractivity contribution is -0.140. The van der Waals surface area contributed by atoms with Crippen LogP contribution < -0.4 is 10.8 Å². The molecule has 4 amide bonds. The van der Waals surface area contributed by atoms with Crippen molar-refractivity contribution >= 4 is 28.6 Å². The fraction of sp³-hybridized carbons (Fsp3) is 0.278. The van der Waals surface area contributed by atoms with E-state index in [1.807, 2.05) is 36.4 Å². The summed E-state index contributed by atoms with van der Waals surface area (Å²) in [6.07, 6.45) is 0. The number of benzene rings is 2. The van der Waals surface area contributed by atoms with Crippen LogP contribution in [0.25, 0.3) is 10.8 Å². The predicted molar refractivity (Wildman–Crippen MR) is 92.7 cm³/mol. The minimum absolute atomic E-state index is 0.0827. The Bertz CT molecular complexity index is 869. The van der Waals surface area contributed by atoms with E-state index < -0.39 is 29.9 Å². The fourth-order valence-electron chi connectivity index (χ4n) is 2.89. The zero-order chi connectivity index (χ0) is 18.7. The third-order valence-corrected chi connectivity index (χ3v) is 4.28. The summed E-state index contributed by atoms with van der Waals surface area (Å²) in [6.45, 7) is 0.793. The van der Waals surface area contributed by atoms with Gasteiger partial charge in [-0.1, -0.05) is 36.4 Å². The highest BCUT2D eigenvalue weighted by atomic mass is 16.7. The first-order chi connectivity index (χ1) is 12.5. The molecular weight excluding hydrogens is 338 g/mol. The summed E-state index contributed by atoms with van der Waals surface area (Å²) in [5.74, 6) is -1.18. The van der Waals surface area contributed by atoms with Crippen LogP contribution >= 0.6 is 0 Å². The van der Waals surface area contributed by atoms with Crippen molar-refractivity contribution in [2.24, 2.45) is 0 Å². The monoisotopic (exact) mass is 357 g/mol. The number of nitrogens with one attached hydrogen (secondary N) is 2. The number of aliphatic hydroxyl groups is 1. The molecule has 8 nitrogen and oxygen atoms in total. The zero-order valence-corrected chi connectivity index (χ0v) is 14.2. The maximum atomic E-state index is 12.8. The summed E-state index contributed by atoms with van der Waals surface area (Å²) in [4.78, 5) is 42.4. The van der Waals surface area contributed by atoms with Gasteiger partial charge in [-0.3, -0.25) is 19.3 Å². The van der Waals surface area contributed by atoms with E-state index in [1.54, 1.807) is 13.0 Å². The highest BCUT2D eigenvalue weighted by molar-refractivity contribution is 6.09. The van der Waals surface area contributed by atoms with Gasteiger partial charge in [0.1, 0.15) is 12.1 Å². The summed E-state index contributed by atoms with van der Waals surface area (Å²) in [5, 5.41) is 13.2. The maximum Gasteiger partial charge on any atom is 0.325 e. The second-order valence-corrected chi connectivity index (χ2v) is 6.11. The van der Waals surface area contributed by atoms with E-state index in [4.69, 9.17) is 9.94 Å². The Balaban J connectivity index is 1.80. The molecule has 2 aromatic carbocycles. The summed E-state index contributed by atoms with van der Waals surface area (Å²) >= 11 is 0. The second-order valence-electron chi connectivity index (χ2n) is 6.11. The summed E-state index contributed by atoms with van der Waals surface area (Å²) in [5.41, 5.74) is 1.45. The van der Waals surface area contributed by atoms with Crippen LogP contribution in [0.1, 0.15) is 12.5 Å². The predicted octanol–water partition coefficient (Wildman–Crippen LogP) is 0.647. The molecule has 3 rings (SSSR count). The Kier molecular flexibility index (Phi) is 4.88. The molecular formula is C18H19N3O5. The van der Waals surface area contributed by atoms with Crippen LogP contribution in [0.3, 0.4) is 0 Å².